The van der Waals surface area contributed by atoms with Gasteiger partial charge >= 0.3 is 5.92 Å². The predicted octanol–water partition coefficient (Wildman–Crippen LogP) is 4.03. The Morgan fingerprint density at radius 2 is 1.69 bits per heavy atom. The van der Waals surface area contributed by atoms with Crippen LogP contribution in [0.2, 0.25) is 0 Å². The fourth-order valence-electron chi connectivity index (χ4n) is 6.52. The topological polar surface area (TPSA) is 117 Å². The van der Waals surface area contributed by atoms with E-state index in [0.29, 0.717) is 57.0 Å². The summed E-state index contributed by atoms with van der Waals surface area (Å²) in [5, 5.41) is 9.00. The summed E-state index contributed by atoms with van der Waals surface area (Å²) in [4.78, 5) is 56.5. The monoisotopic (exact) mass is 674 g/mol. The van der Waals surface area contributed by atoms with Crippen molar-refractivity contribution < 1.29 is 32.3 Å². The molecule has 3 atom stereocenters. The van der Waals surface area contributed by atoms with Crippen molar-refractivity contribution in [1.82, 2.24) is 30.2 Å². The van der Waals surface area contributed by atoms with Gasteiger partial charge in [0.15, 0.2) is 5.78 Å². The minimum atomic E-state index is -3.91. The average Bonchev–Trinajstić information content (AvgIpc) is 3.57. The Labute approximate surface area is 280 Å². The van der Waals surface area contributed by atoms with Gasteiger partial charge in [-0.3, -0.25) is 23.9 Å². The molecule has 0 bridgehead atoms. The zero-order valence-electron chi connectivity index (χ0n) is 28.6. The lowest BCUT2D eigenvalue weighted by atomic mass is 9.77. The molecule has 1 aromatic carbocycles. The number of nitrogens with zero attached hydrogens (tertiary/aromatic N) is 4. The Hall–Kier alpha value is -3.74. The van der Waals surface area contributed by atoms with Crippen molar-refractivity contribution in [2.24, 2.45) is 11.8 Å². The van der Waals surface area contributed by atoms with Crippen LogP contribution in [-0.4, -0.2) is 88.4 Å². The van der Waals surface area contributed by atoms with Gasteiger partial charge in [-0.1, -0.05) is 45.7 Å². The molecule has 10 nitrogen and oxygen atoms in total. The fourth-order valence-corrected chi connectivity index (χ4v) is 6.52. The van der Waals surface area contributed by atoms with Gasteiger partial charge in [0.05, 0.1) is 17.8 Å². The maximum atomic E-state index is 15.7. The van der Waals surface area contributed by atoms with Crippen LogP contribution in [-0.2, 0) is 38.1 Å². The highest BCUT2D eigenvalue weighted by atomic mass is 19.3. The number of amides is 3. The first-order valence-corrected chi connectivity index (χ1v) is 17.0. The molecule has 1 saturated heterocycles. The number of benzene rings is 1. The van der Waals surface area contributed by atoms with Crippen LogP contribution in [0.15, 0.2) is 30.6 Å². The summed E-state index contributed by atoms with van der Waals surface area (Å²) < 4.78 is 47.4. The maximum Gasteiger partial charge on any atom is 0.352 e. The summed E-state index contributed by atoms with van der Waals surface area (Å²) in [6.07, 6.45) is 4.53. The molecule has 4 rings (SSSR count). The first kappa shape index (κ1) is 37.1. The number of alkyl halides is 2. The van der Waals surface area contributed by atoms with Crippen molar-refractivity contribution in [1.29, 1.82) is 0 Å². The van der Waals surface area contributed by atoms with Gasteiger partial charge in [-0.05, 0) is 55.8 Å². The highest BCUT2D eigenvalue weighted by molar-refractivity contribution is 5.93. The number of Topliss-reactive ketones (excluding diaryl/α,β-unsaturated/α-hetero) is 1. The lowest BCUT2D eigenvalue weighted by molar-refractivity contribution is -0.149. The summed E-state index contributed by atoms with van der Waals surface area (Å²) >= 11 is 0. The van der Waals surface area contributed by atoms with Crippen molar-refractivity contribution in [3.8, 4) is 0 Å². The Balaban J connectivity index is 1.53. The molecule has 48 heavy (non-hydrogen) atoms. The number of carbonyl (C=O) groups excluding carboxylic acids is 4. The Morgan fingerprint density at radius 1 is 1.02 bits per heavy atom. The van der Waals surface area contributed by atoms with E-state index < -0.39 is 53.4 Å². The Morgan fingerprint density at radius 3 is 2.27 bits per heavy atom. The van der Waals surface area contributed by atoms with E-state index in [4.69, 9.17) is 0 Å². The minimum absolute atomic E-state index is 0.0508. The van der Waals surface area contributed by atoms with Crippen LogP contribution in [0.4, 0.5) is 13.2 Å². The Kier molecular flexibility index (Phi) is 12.4. The number of aromatic nitrogens is 2. The summed E-state index contributed by atoms with van der Waals surface area (Å²) in [7, 11) is 1.97. The van der Waals surface area contributed by atoms with E-state index in [1.54, 1.807) is 31.7 Å². The molecule has 13 heteroatoms. The smallest absolute Gasteiger partial charge is 0.344 e. The van der Waals surface area contributed by atoms with Crippen LogP contribution in [0.1, 0.15) is 82.4 Å². The van der Waals surface area contributed by atoms with E-state index >= 15 is 13.2 Å². The number of piperazine rings is 1. The van der Waals surface area contributed by atoms with Crippen LogP contribution in [0.25, 0.3) is 0 Å². The number of ketones is 1. The molecular weight excluding hydrogens is 625 g/mol. The molecule has 0 unspecified atom stereocenters. The molecule has 3 amide bonds. The van der Waals surface area contributed by atoms with Crippen LogP contribution < -0.4 is 10.6 Å². The van der Waals surface area contributed by atoms with Gasteiger partial charge in [-0.25, -0.2) is 4.39 Å². The van der Waals surface area contributed by atoms with E-state index in [2.05, 4.69) is 27.6 Å². The third-order valence-corrected chi connectivity index (χ3v) is 9.96. The summed E-state index contributed by atoms with van der Waals surface area (Å²) in [6, 6.07) is 2.20. The molecule has 264 valence electrons. The number of hydrogen-bond donors (Lipinski definition) is 2. The molecular formula is C35H49F3N6O4. The van der Waals surface area contributed by atoms with Crippen molar-refractivity contribution in [3.05, 3.63) is 53.1 Å². The highest BCUT2D eigenvalue weighted by Crippen LogP contribution is 2.34. The molecule has 1 aliphatic carbocycles. The lowest BCUT2D eigenvalue weighted by Crippen LogP contribution is -2.55. The van der Waals surface area contributed by atoms with Crippen molar-refractivity contribution in [3.63, 3.8) is 0 Å². The number of likely N-dealkylation sites (N-methyl/N-ethyl adjacent to an activating group) is 1. The highest BCUT2D eigenvalue weighted by Gasteiger charge is 2.45. The quantitative estimate of drug-likeness (QED) is 0.332. The Bertz CT molecular complexity index is 1450. The van der Waals surface area contributed by atoms with E-state index in [1.165, 1.54) is 16.8 Å². The number of hydrogen-bond acceptors (Lipinski definition) is 6. The first-order valence-electron chi connectivity index (χ1n) is 17.0. The van der Waals surface area contributed by atoms with Gasteiger partial charge < -0.3 is 20.4 Å². The van der Waals surface area contributed by atoms with Crippen LogP contribution in [0, 0.1) is 17.7 Å². The van der Waals surface area contributed by atoms with E-state index in [0.717, 1.165) is 25.2 Å². The van der Waals surface area contributed by atoms with E-state index in [-0.39, 0.29) is 29.7 Å². The third-order valence-electron chi connectivity index (χ3n) is 9.96. The van der Waals surface area contributed by atoms with E-state index in [9.17, 15) is 19.2 Å². The second-order valence-corrected chi connectivity index (χ2v) is 13.4. The summed E-state index contributed by atoms with van der Waals surface area (Å²) in [5.41, 5.74) is -0.0542. The third kappa shape index (κ3) is 8.83. The van der Waals surface area contributed by atoms with Crippen molar-refractivity contribution in [2.45, 2.75) is 96.7 Å². The van der Waals surface area contributed by atoms with Gasteiger partial charge in [0.2, 0.25) is 11.8 Å². The summed E-state index contributed by atoms with van der Waals surface area (Å²) in [5.74, 6) is -7.83. The van der Waals surface area contributed by atoms with Crippen LogP contribution in [0.3, 0.4) is 0 Å². The molecule has 2 aromatic rings. The second kappa shape index (κ2) is 16.1. The number of nitrogens with one attached hydrogen (secondary N) is 2. The zero-order valence-corrected chi connectivity index (χ0v) is 28.6. The van der Waals surface area contributed by atoms with Crippen molar-refractivity contribution >= 4 is 23.5 Å². The largest absolute Gasteiger partial charge is 0.352 e. The van der Waals surface area contributed by atoms with Gasteiger partial charge in [0.25, 0.3) is 5.91 Å². The van der Waals surface area contributed by atoms with E-state index in [1.807, 2.05) is 7.05 Å². The molecule has 0 spiro atoms. The predicted molar refractivity (Wildman–Crippen MR) is 175 cm³/mol. The second-order valence-electron chi connectivity index (χ2n) is 13.4. The summed E-state index contributed by atoms with van der Waals surface area (Å²) in [6.45, 7) is 10.0. The standard InChI is InChI=1S/C35H49F3N6O4/c1-6-30(46)40-31(33(47)43-16-14-42(5)15-17-43)23(4)25-12-13-26(28(36)18-25)19-29(45)32(24-10-8-22(3)9-11-24)41-34(48)35(37,38)27-20-39-44(7-2)21-27/h12-13,18,20-24,31-32H,6-11,14-17,19H2,1-5H3,(H,40,46)(H,41,48)/t22?,23-,24?,31+,32-/m0/s1. The van der Waals surface area contributed by atoms with Gasteiger partial charge in [-0.15, -0.1) is 0 Å². The maximum absolute atomic E-state index is 15.7. The molecule has 2 aliphatic rings. The number of halogens is 3. The van der Waals surface area contributed by atoms with Gasteiger partial charge in [0.1, 0.15) is 11.9 Å². The molecule has 1 saturated carbocycles. The number of aryl methyl sites for hydroxylation is 1. The van der Waals surface area contributed by atoms with Crippen molar-refractivity contribution in [2.75, 3.05) is 33.2 Å². The molecule has 2 fully saturated rings. The number of rotatable bonds is 13. The van der Waals surface area contributed by atoms with Crippen LogP contribution >= 0.6 is 0 Å². The molecule has 1 aliphatic heterocycles. The lowest BCUT2D eigenvalue weighted by Gasteiger charge is -2.36. The fraction of sp³-hybridized carbons (Fsp3) is 0.629. The minimum Gasteiger partial charge on any atom is -0.344 e. The zero-order chi connectivity index (χ0) is 35.2. The van der Waals surface area contributed by atoms with Gasteiger partial charge in [0, 0.05) is 57.7 Å². The molecule has 1 aromatic heterocycles. The molecule has 2 N–H and O–H groups in total. The SMILES string of the molecule is CCC(=O)N[C@@H](C(=O)N1CCN(C)CC1)[C@@H](C)c1ccc(CC(=O)[C@@H](NC(=O)C(F)(F)c2cnn(CC)c2)C2CCC(C)CC2)c(F)c1. The average molecular weight is 675 g/mol. The first-order chi connectivity index (χ1) is 22.7. The van der Waals surface area contributed by atoms with Crippen LogP contribution in [0.5, 0.6) is 0 Å². The van der Waals surface area contributed by atoms with Gasteiger partial charge in [-0.2, -0.15) is 13.9 Å². The molecule has 2 heterocycles. The number of carbonyl (C=O) groups is 4. The molecule has 0 radical (unpaired) electrons. The normalized spacial score (nSPS) is 20.9.